The molecule has 0 radical (unpaired) electrons. The molecule has 5 amide bonds. The minimum atomic E-state index is -1.09. The summed E-state index contributed by atoms with van der Waals surface area (Å²) >= 11 is 0. The van der Waals surface area contributed by atoms with Gasteiger partial charge in [-0.15, -0.1) is 0 Å². The first-order valence-electron chi connectivity index (χ1n) is 12.5. The van der Waals surface area contributed by atoms with Crippen LogP contribution in [0.3, 0.4) is 0 Å². The highest BCUT2D eigenvalue weighted by molar-refractivity contribution is 5.99. The highest BCUT2D eigenvalue weighted by atomic mass is 16.5. The van der Waals surface area contributed by atoms with E-state index in [1.165, 1.54) is 25.3 Å². The van der Waals surface area contributed by atoms with Gasteiger partial charge in [0.2, 0.25) is 11.8 Å². The first-order chi connectivity index (χ1) is 19.0. The number of amides is 5. The second-order valence-corrected chi connectivity index (χ2v) is 9.13. The van der Waals surface area contributed by atoms with E-state index >= 15 is 0 Å². The number of nitrogens with two attached hydrogens (primary N) is 1. The van der Waals surface area contributed by atoms with E-state index in [0.29, 0.717) is 0 Å². The van der Waals surface area contributed by atoms with E-state index in [4.69, 9.17) is 10.5 Å². The summed E-state index contributed by atoms with van der Waals surface area (Å²) in [5.41, 5.74) is 5.93. The van der Waals surface area contributed by atoms with Crippen molar-refractivity contribution in [2.75, 3.05) is 19.0 Å². The third-order valence-corrected chi connectivity index (χ3v) is 5.71. The molecule has 13 nitrogen and oxygen atoms in total. The van der Waals surface area contributed by atoms with Crippen molar-refractivity contribution < 1.29 is 38.6 Å². The van der Waals surface area contributed by atoms with Gasteiger partial charge in [-0.3, -0.25) is 9.59 Å². The molecule has 2 aromatic carbocycles. The predicted octanol–water partition coefficient (Wildman–Crippen LogP) is 2.00. The number of nitrogens with one attached hydrogen (secondary N) is 4. The average molecular weight is 558 g/mol. The number of urea groups is 1. The fourth-order valence-electron chi connectivity index (χ4n) is 3.60. The van der Waals surface area contributed by atoms with Crippen LogP contribution < -0.4 is 27.0 Å². The van der Waals surface area contributed by atoms with Crippen LogP contribution in [0.4, 0.5) is 15.3 Å². The van der Waals surface area contributed by atoms with Crippen LogP contribution in [0.1, 0.15) is 42.6 Å². The maximum absolute atomic E-state index is 13.2. The first-order valence-corrected chi connectivity index (χ1v) is 12.5. The maximum Gasteiger partial charge on any atom is 0.408 e. The number of benzene rings is 2. The number of anilines is 1. The van der Waals surface area contributed by atoms with Crippen LogP contribution in [-0.2, 0) is 25.7 Å². The molecule has 216 valence electrons. The highest BCUT2D eigenvalue weighted by Crippen LogP contribution is 2.23. The molecule has 0 saturated heterocycles. The van der Waals surface area contributed by atoms with Crippen molar-refractivity contribution >= 4 is 35.6 Å². The molecule has 13 heteroatoms. The van der Waals surface area contributed by atoms with Gasteiger partial charge in [-0.05, 0) is 36.5 Å². The van der Waals surface area contributed by atoms with Gasteiger partial charge in [0, 0.05) is 18.3 Å². The Morgan fingerprint density at radius 1 is 0.975 bits per heavy atom. The van der Waals surface area contributed by atoms with Crippen LogP contribution in [-0.4, -0.2) is 60.8 Å². The predicted molar refractivity (Wildman–Crippen MR) is 145 cm³/mol. The quantitative estimate of drug-likeness (QED) is 0.159. The second-order valence-electron chi connectivity index (χ2n) is 9.13. The zero-order chi connectivity index (χ0) is 29.7. The summed E-state index contributed by atoms with van der Waals surface area (Å²) < 4.78 is 9.81. The Bertz CT molecular complexity index is 1190. The Balaban J connectivity index is 2.10. The van der Waals surface area contributed by atoms with Crippen LogP contribution in [0, 0.1) is 5.92 Å². The van der Waals surface area contributed by atoms with Crippen molar-refractivity contribution in [2.24, 2.45) is 11.7 Å². The molecular weight excluding hydrogens is 522 g/mol. The molecule has 0 unspecified atom stereocenters. The molecule has 0 aliphatic rings. The molecule has 2 aromatic rings. The van der Waals surface area contributed by atoms with Crippen molar-refractivity contribution in [1.82, 2.24) is 16.0 Å². The lowest BCUT2D eigenvalue weighted by atomic mass is 10.0. The van der Waals surface area contributed by atoms with Crippen LogP contribution >= 0.6 is 0 Å². The molecule has 7 N–H and O–H groups in total. The second kappa shape index (κ2) is 15.6. The van der Waals surface area contributed by atoms with Gasteiger partial charge in [-0.25, -0.2) is 14.4 Å². The Kier molecular flexibility index (Phi) is 12.2. The Labute approximate surface area is 231 Å². The number of phenolic OH excluding ortho intramolecular Hbond substituents is 1. The van der Waals surface area contributed by atoms with Crippen LogP contribution in [0.25, 0.3) is 0 Å². The van der Waals surface area contributed by atoms with Crippen molar-refractivity contribution in [1.29, 1.82) is 0 Å². The number of esters is 1. The normalized spacial score (nSPS) is 12.0. The lowest BCUT2D eigenvalue weighted by molar-refractivity contribution is -0.128. The summed E-state index contributed by atoms with van der Waals surface area (Å²) in [7, 11) is 1.17. The van der Waals surface area contributed by atoms with Crippen molar-refractivity contribution in [3.8, 4) is 5.75 Å². The number of aromatic hydroxyl groups is 1. The van der Waals surface area contributed by atoms with E-state index < -0.39 is 47.7 Å². The fourth-order valence-corrected chi connectivity index (χ4v) is 3.60. The molecule has 0 aliphatic heterocycles. The lowest BCUT2D eigenvalue weighted by Gasteiger charge is -2.25. The Morgan fingerprint density at radius 2 is 1.68 bits per heavy atom. The number of rotatable bonds is 13. The lowest BCUT2D eigenvalue weighted by Crippen LogP contribution is -2.54. The first kappa shape index (κ1) is 31.4. The molecule has 0 bridgehead atoms. The largest absolute Gasteiger partial charge is 0.507 e. The van der Waals surface area contributed by atoms with Gasteiger partial charge in [-0.1, -0.05) is 44.2 Å². The van der Waals surface area contributed by atoms with E-state index in [0.717, 1.165) is 5.56 Å². The van der Waals surface area contributed by atoms with Crippen LogP contribution in [0.5, 0.6) is 5.75 Å². The van der Waals surface area contributed by atoms with E-state index in [1.54, 1.807) is 38.1 Å². The minimum Gasteiger partial charge on any atom is -0.507 e. The summed E-state index contributed by atoms with van der Waals surface area (Å²) in [6, 6.07) is 10.0. The third kappa shape index (κ3) is 10.2. The van der Waals surface area contributed by atoms with Crippen LogP contribution in [0.2, 0.25) is 0 Å². The fraction of sp³-hybridized carbons (Fsp3) is 0.370. The third-order valence-electron chi connectivity index (χ3n) is 5.71. The zero-order valence-electron chi connectivity index (χ0n) is 22.6. The summed E-state index contributed by atoms with van der Waals surface area (Å²) in [5, 5.41) is 20.3. The van der Waals surface area contributed by atoms with Crippen molar-refractivity contribution in [2.45, 2.75) is 45.4 Å². The Morgan fingerprint density at radius 3 is 2.27 bits per heavy atom. The number of ether oxygens (including phenoxy) is 2. The summed E-state index contributed by atoms with van der Waals surface area (Å²) in [6.45, 7) is 3.61. The van der Waals surface area contributed by atoms with Gasteiger partial charge in [0.25, 0.3) is 0 Å². The standard InChI is InChI=1S/C27H35N5O8/c1-16(2)22(32-27(38)40-15-17-8-5-4-6-9-17)24(35)31-20(10-7-13-29-26(28)37)23(34)30-18-11-12-19(21(33)14-18)25(36)39-3/h4-6,8-9,11-12,14,16,20,22,33H,7,10,13,15H2,1-3H3,(H,30,34)(H,31,35)(H,32,38)(H3,28,29,37)/t20-,22-/m0/s1. The van der Waals surface area contributed by atoms with Gasteiger partial charge in [0.15, 0.2) is 0 Å². The molecule has 0 spiro atoms. The Hall–Kier alpha value is -4.81. The number of hydrogen-bond acceptors (Lipinski definition) is 8. The van der Waals surface area contributed by atoms with Gasteiger partial charge < -0.3 is 41.6 Å². The highest BCUT2D eigenvalue weighted by Gasteiger charge is 2.29. The van der Waals surface area contributed by atoms with Crippen molar-refractivity contribution in [3.63, 3.8) is 0 Å². The molecule has 0 aromatic heterocycles. The SMILES string of the molecule is COC(=O)c1ccc(NC(=O)[C@H](CCCNC(N)=O)NC(=O)[C@@H](NC(=O)OCc2ccccc2)C(C)C)cc1O. The molecule has 0 saturated carbocycles. The monoisotopic (exact) mass is 557 g/mol. The van der Waals surface area contributed by atoms with Gasteiger partial charge in [-0.2, -0.15) is 0 Å². The molecule has 0 aliphatic carbocycles. The number of carbonyl (C=O) groups excluding carboxylic acids is 5. The average Bonchev–Trinajstić information content (AvgIpc) is 2.92. The summed E-state index contributed by atoms with van der Waals surface area (Å²) in [6.07, 6.45) is -0.411. The molecule has 0 heterocycles. The molecular formula is C27H35N5O8. The van der Waals surface area contributed by atoms with E-state index in [2.05, 4.69) is 26.0 Å². The number of carbonyl (C=O) groups is 5. The molecule has 40 heavy (non-hydrogen) atoms. The minimum absolute atomic E-state index is 0.0125. The number of primary amides is 1. The van der Waals surface area contributed by atoms with Gasteiger partial charge in [0.1, 0.15) is 30.0 Å². The molecule has 2 rings (SSSR count). The van der Waals surface area contributed by atoms with E-state index in [-0.39, 0.29) is 43.2 Å². The number of alkyl carbamates (subject to hydrolysis) is 1. The maximum atomic E-state index is 13.2. The smallest absolute Gasteiger partial charge is 0.408 e. The number of methoxy groups -OCH3 is 1. The van der Waals surface area contributed by atoms with Crippen molar-refractivity contribution in [3.05, 3.63) is 59.7 Å². The zero-order valence-corrected chi connectivity index (χ0v) is 22.6. The van der Waals surface area contributed by atoms with E-state index in [9.17, 15) is 29.1 Å². The molecule has 2 atom stereocenters. The summed E-state index contributed by atoms with van der Waals surface area (Å²) in [5.74, 6) is -2.77. The topological polar surface area (TPSA) is 198 Å². The molecule has 0 fully saturated rings. The number of hydrogen-bond donors (Lipinski definition) is 6. The summed E-state index contributed by atoms with van der Waals surface area (Å²) in [4.78, 5) is 61.4. The van der Waals surface area contributed by atoms with Crippen LogP contribution in [0.15, 0.2) is 48.5 Å². The number of phenols is 1. The van der Waals surface area contributed by atoms with Gasteiger partial charge >= 0.3 is 18.1 Å². The van der Waals surface area contributed by atoms with E-state index in [1.807, 2.05) is 6.07 Å². The van der Waals surface area contributed by atoms with Gasteiger partial charge in [0.05, 0.1) is 7.11 Å².